The quantitative estimate of drug-likeness (QED) is 0.385. The highest BCUT2D eigenvalue weighted by atomic mass is 35.5. The van der Waals surface area contributed by atoms with Gasteiger partial charge in [-0.3, -0.25) is 19.9 Å². The third-order valence-electron chi connectivity index (χ3n) is 3.09. The Morgan fingerprint density at radius 2 is 2.04 bits per heavy atom. The number of hydrogen-bond donors (Lipinski definition) is 1. The van der Waals surface area contributed by atoms with Crippen molar-refractivity contribution in [3.63, 3.8) is 0 Å². The lowest BCUT2D eigenvalue weighted by atomic mass is 10.3. The summed E-state index contributed by atoms with van der Waals surface area (Å²) >= 11 is 6.78. The van der Waals surface area contributed by atoms with Crippen molar-refractivity contribution in [2.45, 2.75) is 5.22 Å². The average Bonchev–Trinajstić information content (AvgIpc) is 3.11. The topological polar surface area (TPSA) is 124 Å². The molecular formula is C15H10ClN5O4S. The molecule has 0 spiro atoms. The van der Waals surface area contributed by atoms with Gasteiger partial charge in [-0.2, -0.15) is 0 Å². The van der Waals surface area contributed by atoms with Crippen LogP contribution in [0.5, 0.6) is 0 Å². The van der Waals surface area contributed by atoms with Crippen LogP contribution in [-0.2, 0) is 4.79 Å². The summed E-state index contributed by atoms with van der Waals surface area (Å²) < 4.78 is 5.46. The summed E-state index contributed by atoms with van der Waals surface area (Å²) in [5.41, 5.74) is 0.711. The number of aromatic nitrogens is 3. The van der Waals surface area contributed by atoms with Crippen LogP contribution in [0, 0.1) is 10.1 Å². The van der Waals surface area contributed by atoms with Crippen molar-refractivity contribution in [3.05, 3.63) is 57.9 Å². The molecule has 0 fully saturated rings. The zero-order chi connectivity index (χ0) is 18.5. The number of carbonyl (C=O) groups is 1. The second-order valence-electron chi connectivity index (χ2n) is 4.87. The molecule has 0 radical (unpaired) electrons. The zero-order valence-corrected chi connectivity index (χ0v) is 14.5. The van der Waals surface area contributed by atoms with Crippen molar-refractivity contribution in [1.82, 2.24) is 15.2 Å². The van der Waals surface area contributed by atoms with E-state index in [4.69, 9.17) is 16.0 Å². The minimum atomic E-state index is -0.619. The molecular weight excluding hydrogens is 382 g/mol. The lowest BCUT2D eigenvalue weighted by Crippen LogP contribution is -2.14. The van der Waals surface area contributed by atoms with Crippen LogP contribution < -0.4 is 5.32 Å². The summed E-state index contributed by atoms with van der Waals surface area (Å²) in [4.78, 5) is 26.1. The average molecular weight is 392 g/mol. The van der Waals surface area contributed by atoms with Gasteiger partial charge in [-0.25, -0.2) is 0 Å². The maximum Gasteiger partial charge on any atom is 0.289 e. The standard InChI is InChI=1S/C15H10ClN5O4S/c16-11-2-1-10(7-12(11)21(23)24)18-13(22)8-26-15-20-19-14(25-15)9-3-5-17-6-4-9/h1-7H,8H2,(H,18,22). The molecule has 0 bridgehead atoms. The fourth-order valence-corrected chi connectivity index (χ4v) is 2.68. The molecule has 132 valence electrons. The van der Waals surface area contributed by atoms with Crippen molar-refractivity contribution < 1.29 is 14.1 Å². The molecule has 3 rings (SSSR count). The summed E-state index contributed by atoms with van der Waals surface area (Å²) in [5.74, 6) is -0.0621. The minimum Gasteiger partial charge on any atom is -0.411 e. The van der Waals surface area contributed by atoms with Crippen LogP contribution in [0.3, 0.4) is 0 Å². The van der Waals surface area contributed by atoms with Crippen LogP contribution in [-0.4, -0.2) is 31.8 Å². The van der Waals surface area contributed by atoms with Crippen molar-refractivity contribution in [2.24, 2.45) is 0 Å². The number of thioether (sulfide) groups is 1. The SMILES string of the molecule is O=C(CSc1nnc(-c2ccncc2)o1)Nc1ccc(Cl)c([N+](=O)[O-])c1. The van der Waals surface area contributed by atoms with Gasteiger partial charge in [0.05, 0.1) is 10.7 Å². The van der Waals surface area contributed by atoms with Crippen molar-refractivity contribution >= 4 is 40.6 Å². The number of hydrogen-bond acceptors (Lipinski definition) is 8. The number of pyridine rings is 1. The van der Waals surface area contributed by atoms with Crippen LogP contribution in [0.15, 0.2) is 52.4 Å². The van der Waals surface area contributed by atoms with Crippen molar-refractivity contribution in [2.75, 3.05) is 11.1 Å². The molecule has 3 aromatic rings. The first-order valence-electron chi connectivity index (χ1n) is 7.13. The monoisotopic (exact) mass is 391 g/mol. The first-order valence-corrected chi connectivity index (χ1v) is 8.50. The molecule has 1 N–H and O–H groups in total. The molecule has 0 aliphatic rings. The summed E-state index contributed by atoms with van der Waals surface area (Å²) in [6, 6.07) is 7.47. The number of amides is 1. The molecule has 0 saturated heterocycles. The van der Waals surface area contributed by atoms with Gasteiger partial charge in [-0.1, -0.05) is 23.4 Å². The number of nitrogens with zero attached hydrogens (tertiary/aromatic N) is 4. The normalized spacial score (nSPS) is 10.5. The molecule has 1 amide bonds. The number of benzene rings is 1. The maximum absolute atomic E-state index is 12.0. The zero-order valence-electron chi connectivity index (χ0n) is 13.0. The molecule has 1 aromatic carbocycles. The van der Waals surface area contributed by atoms with Crippen LogP contribution in [0.1, 0.15) is 0 Å². The molecule has 0 aliphatic heterocycles. The molecule has 0 aliphatic carbocycles. The molecule has 26 heavy (non-hydrogen) atoms. The summed E-state index contributed by atoms with van der Waals surface area (Å²) in [5, 5.41) is 21.4. The van der Waals surface area contributed by atoms with E-state index >= 15 is 0 Å². The van der Waals surface area contributed by atoms with Crippen LogP contribution in [0.2, 0.25) is 5.02 Å². The third-order valence-corrected chi connectivity index (χ3v) is 4.23. The van der Waals surface area contributed by atoms with E-state index in [0.717, 1.165) is 17.3 Å². The first-order chi connectivity index (χ1) is 12.5. The lowest BCUT2D eigenvalue weighted by Gasteiger charge is -2.04. The van der Waals surface area contributed by atoms with Gasteiger partial charge in [0.1, 0.15) is 5.02 Å². The van der Waals surface area contributed by atoms with E-state index in [2.05, 4.69) is 20.5 Å². The van der Waals surface area contributed by atoms with Gasteiger partial charge in [0, 0.05) is 29.7 Å². The predicted molar refractivity (Wildman–Crippen MR) is 95.0 cm³/mol. The number of nitro benzene ring substituents is 1. The van der Waals surface area contributed by atoms with Crippen LogP contribution in [0.25, 0.3) is 11.5 Å². The second-order valence-corrected chi connectivity index (χ2v) is 6.20. The summed E-state index contributed by atoms with van der Waals surface area (Å²) in [6.07, 6.45) is 3.20. The molecule has 0 saturated carbocycles. The van der Waals surface area contributed by atoms with Crippen molar-refractivity contribution in [1.29, 1.82) is 0 Å². The Hall–Kier alpha value is -2.98. The molecule has 0 atom stereocenters. The highest BCUT2D eigenvalue weighted by Crippen LogP contribution is 2.28. The van der Waals surface area contributed by atoms with Crippen LogP contribution in [0.4, 0.5) is 11.4 Å². The lowest BCUT2D eigenvalue weighted by molar-refractivity contribution is -0.384. The highest BCUT2D eigenvalue weighted by Gasteiger charge is 2.15. The van der Waals surface area contributed by atoms with Gasteiger partial charge in [0.25, 0.3) is 10.9 Å². The third kappa shape index (κ3) is 4.35. The minimum absolute atomic E-state index is 0.00289. The Morgan fingerprint density at radius 1 is 1.27 bits per heavy atom. The molecule has 11 heteroatoms. The largest absolute Gasteiger partial charge is 0.411 e. The van der Waals surface area contributed by atoms with Gasteiger partial charge < -0.3 is 9.73 Å². The molecule has 2 heterocycles. The van der Waals surface area contributed by atoms with Gasteiger partial charge in [-0.05, 0) is 24.3 Å². The van der Waals surface area contributed by atoms with E-state index in [1.165, 1.54) is 18.2 Å². The molecule has 9 nitrogen and oxygen atoms in total. The number of anilines is 1. The van der Waals surface area contributed by atoms with E-state index in [9.17, 15) is 14.9 Å². The van der Waals surface area contributed by atoms with E-state index in [1.54, 1.807) is 24.5 Å². The number of nitro groups is 1. The highest BCUT2D eigenvalue weighted by molar-refractivity contribution is 7.99. The van der Waals surface area contributed by atoms with E-state index in [-0.39, 0.29) is 33.3 Å². The number of nitrogens with one attached hydrogen (secondary N) is 1. The predicted octanol–water partition coefficient (Wildman–Crippen LogP) is 3.42. The summed E-state index contributed by atoms with van der Waals surface area (Å²) in [7, 11) is 0. The van der Waals surface area contributed by atoms with Crippen molar-refractivity contribution in [3.8, 4) is 11.5 Å². The van der Waals surface area contributed by atoms with Crippen LogP contribution >= 0.6 is 23.4 Å². The first kappa shape index (κ1) is 17.8. The molecule has 2 aromatic heterocycles. The van der Waals surface area contributed by atoms with Gasteiger partial charge >= 0.3 is 0 Å². The fraction of sp³-hybridized carbons (Fsp3) is 0.0667. The number of rotatable bonds is 6. The Morgan fingerprint density at radius 3 is 2.77 bits per heavy atom. The van der Waals surface area contributed by atoms with E-state index in [1.807, 2.05) is 0 Å². The van der Waals surface area contributed by atoms with Gasteiger partial charge in [-0.15, -0.1) is 10.2 Å². The van der Waals surface area contributed by atoms with E-state index in [0.29, 0.717) is 5.89 Å². The maximum atomic E-state index is 12.0. The fourth-order valence-electron chi connectivity index (χ4n) is 1.93. The molecule has 0 unspecified atom stereocenters. The van der Waals surface area contributed by atoms with Gasteiger partial charge in [0.15, 0.2) is 0 Å². The summed E-state index contributed by atoms with van der Waals surface area (Å²) in [6.45, 7) is 0. The Kier molecular flexibility index (Phi) is 5.44. The Bertz CT molecular complexity index is 950. The van der Waals surface area contributed by atoms with Gasteiger partial charge in [0.2, 0.25) is 11.8 Å². The number of halogens is 1. The Labute approximate surface area is 155 Å². The van der Waals surface area contributed by atoms with E-state index < -0.39 is 4.92 Å². The smallest absolute Gasteiger partial charge is 0.289 e. The number of carbonyl (C=O) groups excluding carboxylic acids is 1. The Balaban J connectivity index is 1.59. The second kappa shape index (κ2) is 7.93.